The predicted octanol–water partition coefficient (Wildman–Crippen LogP) is 2.44. The van der Waals surface area contributed by atoms with Crippen molar-refractivity contribution < 1.29 is 0 Å². The number of rotatable bonds is 3. The van der Waals surface area contributed by atoms with E-state index in [1.807, 2.05) is 25.1 Å². The van der Waals surface area contributed by atoms with Gasteiger partial charge in [-0.25, -0.2) is 0 Å². The van der Waals surface area contributed by atoms with Crippen LogP contribution >= 0.6 is 0 Å². The molecule has 0 aliphatic heterocycles. The molecule has 0 spiro atoms. The Balaban J connectivity index is 2.47. The van der Waals surface area contributed by atoms with Crippen LogP contribution in [0.15, 0.2) is 36.4 Å². The minimum Gasteiger partial charge on any atom is -0.328 e. The van der Waals surface area contributed by atoms with Crippen LogP contribution in [0.5, 0.6) is 0 Å². The highest BCUT2D eigenvalue weighted by molar-refractivity contribution is 5.48. The number of benzene rings is 1. The molecule has 64 valence electrons. The largest absolute Gasteiger partial charge is 0.328 e. The molecule has 1 aromatic rings. The Morgan fingerprint density at radius 3 is 2.58 bits per heavy atom. The Bertz CT molecular complexity index is 236. The van der Waals surface area contributed by atoms with E-state index in [9.17, 15) is 0 Å². The standard InChI is InChI=1S/C11H15N/c1-10(12)6-5-9-11-7-3-2-4-8-11/h2-5,7-10H,6,12H2,1H3/b9-5-/t10-/m0/s1. The van der Waals surface area contributed by atoms with Gasteiger partial charge in [0.2, 0.25) is 0 Å². The van der Waals surface area contributed by atoms with Crippen molar-refractivity contribution in [2.24, 2.45) is 5.73 Å². The van der Waals surface area contributed by atoms with E-state index in [1.54, 1.807) is 0 Å². The van der Waals surface area contributed by atoms with Gasteiger partial charge in [-0.2, -0.15) is 0 Å². The van der Waals surface area contributed by atoms with E-state index in [4.69, 9.17) is 5.73 Å². The maximum absolute atomic E-state index is 5.61. The molecule has 0 aliphatic rings. The molecule has 0 heterocycles. The lowest BCUT2D eigenvalue weighted by Crippen LogP contribution is -2.12. The van der Waals surface area contributed by atoms with Crippen LogP contribution in [0.3, 0.4) is 0 Å². The summed E-state index contributed by atoms with van der Waals surface area (Å²) < 4.78 is 0. The van der Waals surface area contributed by atoms with Gasteiger partial charge in [-0.3, -0.25) is 0 Å². The minimum absolute atomic E-state index is 0.255. The molecule has 1 rings (SSSR count). The highest BCUT2D eigenvalue weighted by Crippen LogP contribution is 2.02. The Kier molecular flexibility index (Phi) is 3.55. The molecule has 1 aromatic carbocycles. The van der Waals surface area contributed by atoms with Crippen LogP contribution in [-0.4, -0.2) is 6.04 Å². The summed E-state index contributed by atoms with van der Waals surface area (Å²) in [6.45, 7) is 2.01. The maximum Gasteiger partial charge on any atom is 0.00451 e. The van der Waals surface area contributed by atoms with Gasteiger partial charge in [0.05, 0.1) is 0 Å². The van der Waals surface area contributed by atoms with Crippen molar-refractivity contribution in [1.29, 1.82) is 0 Å². The fourth-order valence-electron chi connectivity index (χ4n) is 0.983. The van der Waals surface area contributed by atoms with E-state index in [0.717, 1.165) is 6.42 Å². The quantitative estimate of drug-likeness (QED) is 0.724. The normalized spacial score (nSPS) is 13.5. The summed E-state index contributed by atoms with van der Waals surface area (Å²) in [5, 5.41) is 0. The summed E-state index contributed by atoms with van der Waals surface area (Å²) in [6.07, 6.45) is 5.15. The number of hydrogen-bond acceptors (Lipinski definition) is 1. The molecule has 0 saturated heterocycles. The highest BCUT2D eigenvalue weighted by Gasteiger charge is 1.87. The average molecular weight is 161 g/mol. The van der Waals surface area contributed by atoms with Crippen LogP contribution < -0.4 is 5.73 Å². The van der Waals surface area contributed by atoms with Gasteiger partial charge in [0.1, 0.15) is 0 Å². The van der Waals surface area contributed by atoms with Crippen molar-refractivity contribution in [1.82, 2.24) is 0 Å². The zero-order valence-electron chi connectivity index (χ0n) is 7.40. The third kappa shape index (κ3) is 3.35. The summed E-state index contributed by atoms with van der Waals surface area (Å²) in [6, 6.07) is 10.5. The fourth-order valence-corrected chi connectivity index (χ4v) is 0.983. The van der Waals surface area contributed by atoms with Crippen LogP contribution in [0.25, 0.3) is 6.08 Å². The molecule has 0 fully saturated rings. The fraction of sp³-hybridized carbons (Fsp3) is 0.273. The summed E-state index contributed by atoms with van der Waals surface area (Å²) >= 11 is 0. The second-order valence-electron chi connectivity index (χ2n) is 3.03. The lowest BCUT2D eigenvalue weighted by Gasteiger charge is -1.97. The monoisotopic (exact) mass is 161 g/mol. The van der Waals surface area contributed by atoms with Crippen molar-refractivity contribution in [3.8, 4) is 0 Å². The molecule has 1 heteroatoms. The third-order valence-corrected chi connectivity index (χ3v) is 1.62. The van der Waals surface area contributed by atoms with E-state index in [1.165, 1.54) is 5.56 Å². The Morgan fingerprint density at radius 2 is 2.00 bits per heavy atom. The van der Waals surface area contributed by atoms with Crippen molar-refractivity contribution in [2.45, 2.75) is 19.4 Å². The summed E-state index contributed by atoms with van der Waals surface area (Å²) in [7, 11) is 0. The zero-order chi connectivity index (χ0) is 8.81. The lowest BCUT2D eigenvalue weighted by atomic mass is 10.2. The van der Waals surface area contributed by atoms with Crippen LogP contribution in [0.4, 0.5) is 0 Å². The SMILES string of the molecule is C[C@H](N)C/C=C\c1ccccc1. The topological polar surface area (TPSA) is 26.0 Å². The third-order valence-electron chi connectivity index (χ3n) is 1.62. The van der Waals surface area contributed by atoms with Crippen molar-refractivity contribution in [3.63, 3.8) is 0 Å². The Hall–Kier alpha value is -1.08. The first-order valence-electron chi connectivity index (χ1n) is 4.26. The van der Waals surface area contributed by atoms with Crippen molar-refractivity contribution in [3.05, 3.63) is 42.0 Å². The molecule has 1 atom stereocenters. The van der Waals surface area contributed by atoms with Gasteiger partial charge in [-0.05, 0) is 18.9 Å². The first kappa shape index (κ1) is 9.01. The molecule has 0 aromatic heterocycles. The molecule has 0 saturated carbocycles. The molecule has 0 radical (unpaired) electrons. The molecular weight excluding hydrogens is 146 g/mol. The average Bonchev–Trinajstić information content (AvgIpc) is 2.05. The first-order chi connectivity index (χ1) is 5.79. The van der Waals surface area contributed by atoms with Gasteiger partial charge in [0, 0.05) is 6.04 Å². The Morgan fingerprint density at radius 1 is 1.33 bits per heavy atom. The first-order valence-corrected chi connectivity index (χ1v) is 4.26. The zero-order valence-corrected chi connectivity index (χ0v) is 7.40. The van der Waals surface area contributed by atoms with E-state index in [0.29, 0.717) is 0 Å². The van der Waals surface area contributed by atoms with E-state index >= 15 is 0 Å². The molecule has 2 N–H and O–H groups in total. The molecule has 0 bridgehead atoms. The summed E-state index contributed by atoms with van der Waals surface area (Å²) in [5.74, 6) is 0. The summed E-state index contributed by atoms with van der Waals surface area (Å²) in [4.78, 5) is 0. The van der Waals surface area contributed by atoms with Crippen LogP contribution in [-0.2, 0) is 0 Å². The molecule has 0 aliphatic carbocycles. The highest BCUT2D eigenvalue weighted by atomic mass is 14.6. The van der Waals surface area contributed by atoms with Crippen molar-refractivity contribution in [2.75, 3.05) is 0 Å². The molecular formula is C11H15N. The van der Waals surface area contributed by atoms with Gasteiger partial charge >= 0.3 is 0 Å². The minimum atomic E-state index is 0.255. The van der Waals surface area contributed by atoms with Gasteiger partial charge in [0.15, 0.2) is 0 Å². The van der Waals surface area contributed by atoms with Gasteiger partial charge in [-0.1, -0.05) is 42.5 Å². The van der Waals surface area contributed by atoms with Crippen LogP contribution in [0, 0.1) is 0 Å². The van der Waals surface area contributed by atoms with Gasteiger partial charge < -0.3 is 5.73 Å². The van der Waals surface area contributed by atoms with Gasteiger partial charge in [0.25, 0.3) is 0 Å². The van der Waals surface area contributed by atoms with Crippen LogP contribution in [0.2, 0.25) is 0 Å². The number of hydrogen-bond donors (Lipinski definition) is 1. The smallest absolute Gasteiger partial charge is 0.00451 e. The maximum atomic E-state index is 5.61. The molecule has 12 heavy (non-hydrogen) atoms. The predicted molar refractivity (Wildman–Crippen MR) is 53.7 cm³/mol. The van der Waals surface area contributed by atoms with E-state index in [2.05, 4.69) is 24.3 Å². The second kappa shape index (κ2) is 4.73. The van der Waals surface area contributed by atoms with Crippen LogP contribution in [0.1, 0.15) is 18.9 Å². The Labute approximate surface area is 73.9 Å². The molecule has 1 nitrogen and oxygen atoms in total. The number of nitrogens with two attached hydrogens (primary N) is 1. The molecule has 0 unspecified atom stereocenters. The van der Waals surface area contributed by atoms with Crippen molar-refractivity contribution >= 4 is 6.08 Å². The van der Waals surface area contributed by atoms with E-state index < -0.39 is 0 Å². The molecule has 0 amide bonds. The summed E-state index contributed by atoms with van der Waals surface area (Å²) in [5.41, 5.74) is 6.84. The lowest BCUT2D eigenvalue weighted by molar-refractivity contribution is 0.759. The van der Waals surface area contributed by atoms with E-state index in [-0.39, 0.29) is 6.04 Å². The van der Waals surface area contributed by atoms with Gasteiger partial charge in [-0.15, -0.1) is 0 Å². The second-order valence-corrected chi connectivity index (χ2v) is 3.03.